The molecule has 1 aromatic heterocycles. The third-order valence-electron chi connectivity index (χ3n) is 3.70. The number of aromatic nitrogens is 2. The number of nitrogens with zero attached hydrogens (tertiary/aromatic N) is 2. The molecular formula is C19H18FN3O. The average Bonchev–Trinajstić information content (AvgIpc) is 2.55. The summed E-state index contributed by atoms with van der Waals surface area (Å²) in [5.41, 5.74) is 4.47. The molecule has 0 saturated carbocycles. The van der Waals surface area contributed by atoms with Crippen molar-refractivity contribution in [2.45, 2.75) is 13.8 Å². The van der Waals surface area contributed by atoms with Gasteiger partial charge in [-0.15, -0.1) is 0 Å². The number of aryl methyl sites for hydroxylation is 2. The number of rotatable bonds is 4. The van der Waals surface area contributed by atoms with Gasteiger partial charge in [-0.2, -0.15) is 0 Å². The maximum absolute atomic E-state index is 13.3. The quantitative estimate of drug-likeness (QED) is 0.759. The standard InChI is InChI=1S/C19H18FN3O/c1-12-9-14(10-13(2)18(12)24-3)17-7-8-21-19(23-17)22-16-6-4-5-15(20)11-16/h4-11H,1-3H3,(H,21,22,23). The molecule has 1 N–H and O–H groups in total. The van der Waals surface area contributed by atoms with Gasteiger partial charge in [0, 0.05) is 17.4 Å². The lowest BCUT2D eigenvalue weighted by Crippen LogP contribution is -1.99. The van der Waals surface area contributed by atoms with Crippen molar-refractivity contribution >= 4 is 11.6 Å². The van der Waals surface area contributed by atoms with Gasteiger partial charge in [0.15, 0.2) is 0 Å². The third-order valence-corrected chi connectivity index (χ3v) is 3.70. The van der Waals surface area contributed by atoms with Crippen LogP contribution in [-0.2, 0) is 0 Å². The zero-order valence-electron chi connectivity index (χ0n) is 13.8. The molecule has 24 heavy (non-hydrogen) atoms. The van der Waals surface area contributed by atoms with Gasteiger partial charge in [-0.3, -0.25) is 0 Å². The Labute approximate surface area is 140 Å². The van der Waals surface area contributed by atoms with E-state index in [2.05, 4.69) is 15.3 Å². The van der Waals surface area contributed by atoms with Crippen molar-refractivity contribution in [2.24, 2.45) is 0 Å². The molecule has 4 nitrogen and oxygen atoms in total. The summed E-state index contributed by atoms with van der Waals surface area (Å²) in [6.45, 7) is 4.00. The molecule has 0 radical (unpaired) electrons. The van der Waals surface area contributed by atoms with Gasteiger partial charge in [-0.05, 0) is 61.4 Å². The van der Waals surface area contributed by atoms with E-state index in [1.54, 1.807) is 25.4 Å². The van der Waals surface area contributed by atoms with Crippen molar-refractivity contribution in [3.05, 3.63) is 65.6 Å². The molecule has 2 aromatic carbocycles. The van der Waals surface area contributed by atoms with E-state index >= 15 is 0 Å². The Morgan fingerprint density at radius 3 is 2.46 bits per heavy atom. The molecule has 0 fully saturated rings. The van der Waals surface area contributed by atoms with Gasteiger partial charge < -0.3 is 10.1 Å². The molecule has 0 unspecified atom stereocenters. The first-order valence-corrected chi connectivity index (χ1v) is 7.58. The molecule has 1 heterocycles. The molecular weight excluding hydrogens is 305 g/mol. The lowest BCUT2D eigenvalue weighted by molar-refractivity contribution is 0.408. The van der Waals surface area contributed by atoms with E-state index in [9.17, 15) is 4.39 Å². The first-order valence-electron chi connectivity index (χ1n) is 7.58. The Hall–Kier alpha value is -2.95. The summed E-state index contributed by atoms with van der Waals surface area (Å²) >= 11 is 0. The number of benzene rings is 2. The van der Waals surface area contributed by atoms with Crippen LogP contribution in [0.1, 0.15) is 11.1 Å². The minimum Gasteiger partial charge on any atom is -0.496 e. The molecule has 0 aliphatic carbocycles. The first-order chi connectivity index (χ1) is 11.6. The highest BCUT2D eigenvalue weighted by molar-refractivity contribution is 5.65. The van der Waals surface area contributed by atoms with Gasteiger partial charge >= 0.3 is 0 Å². The number of anilines is 2. The normalized spacial score (nSPS) is 10.5. The number of halogens is 1. The SMILES string of the molecule is COc1c(C)cc(-c2ccnc(Nc3cccc(F)c3)n2)cc1C. The summed E-state index contributed by atoms with van der Waals surface area (Å²) in [5.74, 6) is 0.993. The number of nitrogens with one attached hydrogen (secondary N) is 1. The van der Waals surface area contributed by atoms with Crippen LogP contribution in [0.4, 0.5) is 16.0 Å². The van der Waals surface area contributed by atoms with Crippen LogP contribution in [0, 0.1) is 19.7 Å². The predicted octanol–water partition coefficient (Wildman–Crippen LogP) is 4.65. The second kappa shape index (κ2) is 6.66. The zero-order chi connectivity index (χ0) is 17.1. The maximum atomic E-state index is 13.3. The van der Waals surface area contributed by atoms with E-state index in [0.29, 0.717) is 11.6 Å². The number of methoxy groups -OCH3 is 1. The number of ether oxygens (including phenoxy) is 1. The van der Waals surface area contributed by atoms with E-state index in [1.165, 1.54) is 12.1 Å². The topological polar surface area (TPSA) is 47.0 Å². The van der Waals surface area contributed by atoms with Gasteiger partial charge in [0.05, 0.1) is 12.8 Å². The number of hydrogen-bond donors (Lipinski definition) is 1. The Kier molecular flexibility index (Phi) is 4.42. The summed E-state index contributed by atoms with van der Waals surface area (Å²) in [5, 5.41) is 3.02. The van der Waals surface area contributed by atoms with Crippen LogP contribution in [0.5, 0.6) is 5.75 Å². The fourth-order valence-electron chi connectivity index (χ4n) is 2.70. The molecule has 0 atom stereocenters. The van der Waals surface area contributed by atoms with E-state index in [0.717, 1.165) is 28.1 Å². The molecule has 0 aliphatic heterocycles. The summed E-state index contributed by atoms with van der Waals surface area (Å²) in [6.07, 6.45) is 1.68. The van der Waals surface area contributed by atoms with Crippen molar-refractivity contribution in [3.8, 4) is 17.0 Å². The zero-order valence-corrected chi connectivity index (χ0v) is 13.8. The van der Waals surface area contributed by atoms with Crippen molar-refractivity contribution in [1.29, 1.82) is 0 Å². The highest BCUT2D eigenvalue weighted by atomic mass is 19.1. The largest absolute Gasteiger partial charge is 0.496 e. The Morgan fingerprint density at radius 1 is 1.04 bits per heavy atom. The van der Waals surface area contributed by atoms with Crippen LogP contribution in [0.3, 0.4) is 0 Å². The van der Waals surface area contributed by atoms with Gasteiger partial charge in [0.2, 0.25) is 5.95 Å². The predicted molar refractivity (Wildman–Crippen MR) is 93.2 cm³/mol. The highest BCUT2D eigenvalue weighted by Gasteiger charge is 2.09. The minimum atomic E-state index is -0.308. The lowest BCUT2D eigenvalue weighted by Gasteiger charge is -2.12. The fraction of sp³-hybridized carbons (Fsp3) is 0.158. The van der Waals surface area contributed by atoms with Crippen molar-refractivity contribution in [1.82, 2.24) is 9.97 Å². The van der Waals surface area contributed by atoms with Crippen LogP contribution in [-0.4, -0.2) is 17.1 Å². The Balaban J connectivity index is 1.93. The highest BCUT2D eigenvalue weighted by Crippen LogP contribution is 2.29. The molecule has 0 amide bonds. The van der Waals surface area contributed by atoms with Crippen LogP contribution < -0.4 is 10.1 Å². The summed E-state index contributed by atoms with van der Waals surface area (Å²) in [6, 6.07) is 12.1. The van der Waals surface area contributed by atoms with Crippen molar-refractivity contribution < 1.29 is 9.13 Å². The van der Waals surface area contributed by atoms with E-state index in [-0.39, 0.29) is 5.82 Å². The summed E-state index contributed by atoms with van der Waals surface area (Å²) in [4.78, 5) is 8.72. The van der Waals surface area contributed by atoms with Crippen LogP contribution in [0.25, 0.3) is 11.3 Å². The van der Waals surface area contributed by atoms with Crippen LogP contribution >= 0.6 is 0 Å². The lowest BCUT2D eigenvalue weighted by atomic mass is 10.0. The van der Waals surface area contributed by atoms with Gasteiger partial charge in [0.25, 0.3) is 0 Å². The molecule has 122 valence electrons. The van der Waals surface area contributed by atoms with E-state index in [1.807, 2.05) is 32.0 Å². The van der Waals surface area contributed by atoms with Gasteiger partial charge in [0.1, 0.15) is 11.6 Å². The molecule has 0 aliphatic rings. The summed E-state index contributed by atoms with van der Waals surface area (Å²) < 4.78 is 18.7. The Bertz CT molecular complexity index is 857. The second-order valence-corrected chi connectivity index (χ2v) is 5.54. The number of hydrogen-bond acceptors (Lipinski definition) is 4. The molecule has 0 spiro atoms. The Morgan fingerprint density at radius 2 is 1.79 bits per heavy atom. The second-order valence-electron chi connectivity index (χ2n) is 5.54. The maximum Gasteiger partial charge on any atom is 0.227 e. The molecule has 3 rings (SSSR count). The first kappa shape index (κ1) is 15.9. The monoisotopic (exact) mass is 323 g/mol. The van der Waals surface area contributed by atoms with Crippen LogP contribution in [0.15, 0.2) is 48.7 Å². The summed E-state index contributed by atoms with van der Waals surface area (Å²) in [7, 11) is 1.67. The van der Waals surface area contributed by atoms with E-state index < -0.39 is 0 Å². The molecule has 5 heteroatoms. The average molecular weight is 323 g/mol. The van der Waals surface area contributed by atoms with Crippen molar-refractivity contribution in [2.75, 3.05) is 12.4 Å². The minimum absolute atomic E-state index is 0.308. The van der Waals surface area contributed by atoms with Crippen molar-refractivity contribution in [3.63, 3.8) is 0 Å². The third kappa shape index (κ3) is 3.35. The van der Waals surface area contributed by atoms with Gasteiger partial charge in [-0.1, -0.05) is 6.07 Å². The molecule has 0 saturated heterocycles. The van der Waals surface area contributed by atoms with Crippen LogP contribution in [0.2, 0.25) is 0 Å². The smallest absolute Gasteiger partial charge is 0.227 e. The van der Waals surface area contributed by atoms with Gasteiger partial charge in [-0.25, -0.2) is 14.4 Å². The van der Waals surface area contributed by atoms with E-state index in [4.69, 9.17) is 4.74 Å². The fourth-order valence-corrected chi connectivity index (χ4v) is 2.70. The molecule has 3 aromatic rings. The molecule has 0 bridgehead atoms.